The first-order chi connectivity index (χ1) is 11.8. The van der Waals surface area contributed by atoms with Crippen molar-refractivity contribution in [3.05, 3.63) is 52.5 Å². The molecule has 2 aliphatic rings. The van der Waals surface area contributed by atoms with Gasteiger partial charge in [-0.3, -0.25) is 14.7 Å². The molecule has 2 saturated heterocycles. The molecule has 0 aromatic carbocycles. The van der Waals surface area contributed by atoms with Gasteiger partial charge in [-0.05, 0) is 36.4 Å². The minimum atomic E-state index is -0.0704. The lowest BCUT2D eigenvalue weighted by Crippen LogP contribution is -2.47. The van der Waals surface area contributed by atoms with Crippen molar-refractivity contribution in [2.75, 3.05) is 13.2 Å². The summed E-state index contributed by atoms with van der Waals surface area (Å²) >= 11 is 1.78. The summed E-state index contributed by atoms with van der Waals surface area (Å²) in [4.78, 5) is 20.3. The number of aromatic nitrogens is 1. The van der Waals surface area contributed by atoms with Crippen molar-refractivity contribution in [1.29, 1.82) is 0 Å². The van der Waals surface area contributed by atoms with Crippen molar-refractivity contribution in [1.82, 2.24) is 15.2 Å². The van der Waals surface area contributed by atoms with Gasteiger partial charge in [0, 0.05) is 43.0 Å². The molecule has 24 heavy (non-hydrogen) atoms. The molecule has 0 bridgehead atoms. The van der Waals surface area contributed by atoms with Crippen LogP contribution in [0.15, 0.2) is 42.0 Å². The fourth-order valence-electron chi connectivity index (χ4n) is 3.71. The van der Waals surface area contributed by atoms with Gasteiger partial charge in [-0.1, -0.05) is 6.07 Å². The second-order valence-electron chi connectivity index (χ2n) is 6.38. The van der Waals surface area contributed by atoms with E-state index < -0.39 is 0 Å². The highest BCUT2D eigenvalue weighted by Gasteiger charge is 2.44. The zero-order chi connectivity index (χ0) is 16.4. The lowest BCUT2D eigenvalue weighted by atomic mass is 10.0. The Morgan fingerprint density at radius 1 is 1.42 bits per heavy atom. The van der Waals surface area contributed by atoms with Gasteiger partial charge >= 0.3 is 0 Å². The van der Waals surface area contributed by atoms with Crippen LogP contribution in [0.25, 0.3) is 0 Å². The molecule has 1 amide bonds. The highest BCUT2D eigenvalue weighted by Crippen LogP contribution is 2.31. The maximum absolute atomic E-state index is 12.5. The molecule has 2 aliphatic heterocycles. The monoisotopic (exact) mass is 343 g/mol. The van der Waals surface area contributed by atoms with Gasteiger partial charge in [0.2, 0.25) is 0 Å². The SMILES string of the molecule is O=C(N[C@H]1CN(Cc2cccs2)[C@@H]2CCCO[C@H]12)c1cccnc1. The Kier molecular flexibility index (Phi) is 4.60. The number of hydrogen-bond acceptors (Lipinski definition) is 5. The fraction of sp³-hybridized carbons (Fsp3) is 0.444. The molecule has 0 radical (unpaired) electrons. The number of amides is 1. The number of ether oxygens (including phenoxy) is 1. The van der Waals surface area contributed by atoms with Gasteiger partial charge in [0.15, 0.2) is 0 Å². The fourth-order valence-corrected chi connectivity index (χ4v) is 4.44. The lowest BCUT2D eigenvalue weighted by Gasteiger charge is -2.32. The number of thiophene rings is 1. The van der Waals surface area contributed by atoms with Crippen molar-refractivity contribution in [2.45, 2.75) is 37.6 Å². The Balaban J connectivity index is 1.47. The van der Waals surface area contributed by atoms with Crippen LogP contribution in [0.1, 0.15) is 28.1 Å². The van der Waals surface area contributed by atoms with Crippen LogP contribution in [0.5, 0.6) is 0 Å². The van der Waals surface area contributed by atoms with E-state index >= 15 is 0 Å². The van der Waals surface area contributed by atoms with Crippen LogP contribution in [0.4, 0.5) is 0 Å². The average Bonchev–Trinajstić information content (AvgIpc) is 3.25. The smallest absolute Gasteiger partial charge is 0.253 e. The van der Waals surface area contributed by atoms with E-state index in [9.17, 15) is 4.79 Å². The average molecular weight is 343 g/mol. The maximum Gasteiger partial charge on any atom is 0.253 e. The van der Waals surface area contributed by atoms with E-state index in [4.69, 9.17) is 4.74 Å². The van der Waals surface area contributed by atoms with Crippen LogP contribution in [0.3, 0.4) is 0 Å². The summed E-state index contributed by atoms with van der Waals surface area (Å²) in [5.41, 5.74) is 0.599. The molecular weight excluding hydrogens is 322 g/mol. The molecule has 4 rings (SSSR count). The third-order valence-corrected chi connectivity index (χ3v) is 5.67. The summed E-state index contributed by atoms with van der Waals surface area (Å²) in [6, 6.07) is 8.26. The second kappa shape index (κ2) is 7.01. The number of nitrogens with zero attached hydrogens (tertiary/aromatic N) is 2. The number of likely N-dealkylation sites (tertiary alicyclic amines) is 1. The first-order valence-electron chi connectivity index (χ1n) is 8.40. The van der Waals surface area contributed by atoms with Crippen LogP contribution in [-0.4, -0.2) is 47.1 Å². The standard InChI is InChI=1S/C18H21N3O2S/c22-18(13-4-1-7-19-10-13)20-15-12-21(11-14-5-3-9-24-14)16-6-2-8-23-17(15)16/h1,3-5,7,9-10,15-17H,2,6,8,11-12H2,(H,20,22)/t15-,16+,17+/m0/s1. The first kappa shape index (κ1) is 15.7. The Hall–Kier alpha value is -1.76. The number of rotatable bonds is 4. The summed E-state index contributed by atoms with van der Waals surface area (Å²) in [6.07, 6.45) is 5.59. The molecule has 2 fully saturated rings. The number of hydrogen-bond donors (Lipinski definition) is 1. The number of carbonyl (C=O) groups is 1. The van der Waals surface area contributed by atoms with Gasteiger partial charge in [-0.2, -0.15) is 0 Å². The van der Waals surface area contributed by atoms with Crippen molar-refractivity contribution in [3.8, 4) is 0 Å². The predicted octanol–water partition coefficient (Wildman–Crippen LogP) is 2.30. The third kappa shape index (κ3) is 3.22. The number of nitrogens with one attached hydrogen (secondary N) is 1. The van der Waals surface area contributed by atoms with Crippen LogP contribution < -0.4 is 5.32 Å². The van der Waals surface area contributed by atoms with E-state index in [1.54, 1.807) is 35.9 Å². The van der Waals surface area contributed by atoms with E-state index in [1.165, 1.54) is 4.88 Å². The van der Waals surface area contributed by atoms with E-state index in [2.05, 4.69) is 32.7 Å². The third-order valence-electron chi connectivity index (χ3n) is 4.81. The molecule has 3 atom stereocenters. The van der Waals surface area contributed by atoms with Crippen LogP contribution in [-0.2, 0) is 11.3 Å². The zero-order valence-electron chi connectivity index (χ0n) is 13.4. The highest BCUT2D eigenvalue weighted by molar-refractivity contribution is 7.09. The van der Waals surface area contributed by atoms with E-state index in [-0.39, 0.29) is 18.1 Å². The number of carbonyl (C=O) groups excluding carboxylic acids is 1. The molecule has 5 nitrogen and oxygen atoms in total. The molecule has 6 heteroatoms. The molecule has 4 heterocycles. The second-order valence-corrected chi connectivity index (χ2v) is 7.41. The lowest BCUT2D eigenvalue weighted by molar-refractivity contribution is -0.0210. The Bertz CT molecular complexity index is 677. The zero-order valence-corrected chi connectivity index (χ0v) is 14.2. The normalized spacial score (nSPS) is 26.9. The minimum Gasteiger partial charge on any atom is -0.374 e. The van der Waals surface area contributed by atoms with E-state index in [0.29, 0.717) is 11.6 Å². The summed E-state index contributed by atoms with van der Waals surface area (Å²) in [5, 5.41) is 5.27. The van der Waals surface area contributed by atoms with E-state index in [1.807, 2.05) is 0 Å². The Morgan fingerprint density at radius 3 is 3.17 bits per heavy atom. The van der Waals surface area contributed by atoms with Gasteiger partial charge in [0.05, 0.1) is 17.7 Å². The number of fused-ring (bicyclic) bond motifs is 1. The van der Waals surface area contributed by atoms with Crippen LogP contribution >= 0.6 is 11.3 Å². The molecule has 0 unspecified atom stereocenters. The molecule has 0 saturated carbocycles. The summed E-state index contributed by atoms with van der Waals surface area (Å²) in [5.74, 6) is -0.0704. The summed E-state index contributed by atoms with van der Waals surface area (Å²) in [6.45, 7) is 2.55. The van der Waals surface area contributed by atoms with Crippen molar-refractivity contribution >= 4 is 17.2 Å². The Morgan fingerprint density at radius 2 is 2.38 bits per heavy atom. The molecule has 2 aromatic heterocycles. The molecule has 2 aromatic rings. The number of pyridine rings is 1. The largest absolute Gasteiger partial charge is 0.374 e. The van der Waals surface area contributed by atoms with Crippen molar-refractivity contribution in [3.63, 3.8) is 0 Å². The van der Waals surface area contributed by atoms with Crippen molar-refractivity contribution in [2.24, 2.45) is 0 Å². The van der Waals surface area contributed by atoms with Crippen molar-refractivity contribution < 1.29 is 9.53 Å². The summed E-state index contributed by atoms with van der Waals surface area (Å²) < 4.78 is 6.03. The Labute approximate surface area is 145 Å². The molecule has 0 aliphatic carbocycles. The van der Waals surface area contributed by atoms with E-state index in [0.717, 1.165) is 32.5 Å². The topological polar surface area (TPSA) is 54.5 Å². The quantitative estimate of drug-likeness (QED) is 0.926. The molecule has 126 valence electrons. The molecular formula is C18H21N3O2S. The van der Waals surface area contributed by atoms with Gasteiger partial charge in [-0.25, -0.2) is 0 Å². The van der Waals surface area contributed by atoms with Gasteiger partial charge in [-0.15, -0.1) is 11.3 Å². The maximum atomic E-state index is 12.5. The first-order valence-corrected chi connectivity index (χ1v) is 9.28. The van der Waals surface area contributed by atoms with Gasteiger partial charge < -0.3 is 10.1 Å². The molecule has 1 N–H and O–H groups in total. The minimum absolute atomic E-state index is 0.0305. The van der Waals surface area contributed by atoms with Gasteiger partial charge in [0.1, 0.15) is 0 Å². The van der Waals surface area contributed by atoms with Crippen LogP contribution in [0, 0.1) is 0 Å². The van der Waals surface area contributed by atoms with Gasteiger partial charge in [0.25, 0.3) is 5.91 Å². The molecule has 0 spiro atoms. The van der Waals surface area contributed by atoms with Crippen LogP contribution in [0.2, 0.25) is 0 Å². The summed E-state index contributed by atoms with van der Waals surface area (Å²) in [7, 11) is 0. The predicted molar refractivity (Wildman–Crippen MR) is 93.0 cm³/mol. The highest BCUT2D eigenvalue weighted by atomic mass is 32.1.